The topological polar surface area (TPSA) is 34.6 Å². The number of aromatic nitrogens is 1. The van der Waals surface area contributed by atoms with Gasteiger partial charge in [-0.15, -0.1) is 0 Å². The van der Waals surface area contributed by atoms with Gasteiger partial charge in [0.25, 0.3) is 0 Å². The molecule has 0 aliphatic carbocycles. The van der Waals surface area contributed by atoms with E-state index in [9.17, 15) is 0 Å². The first-order valence-corrected chi connectivity index (χ1v) is 8.17. The monoisotopic (exact) mass is 312 g/mol. The number of rotatable bonds is 6. The fourth-order valence-electron chi connectivity index (χ4n) is 2.91. The van der Waals surface area contributed by atoms with Crippen molar-refractivity contribution in [1.29, 1.82) is 0 Å². The van der Waals surface area contributed by atoms with Gasteiger partial charge in [-0.25, -0.2) is 0 Å². The third-order valence-corrected chi connectivity index (χ3v) is 4.03. The second-order valence-corrected chi connectivity index (χ2v) is 6.08. The fourth-order valence-corrected chi connectivity index (χ4v) is 2.91. The van der Waals surface area contributed by atoms with Gasteiger partial charge in [0.2, 0.25) is 0 Å². The Morgan fingerprint density at radius 3 is 2.87 bits per heavy atom. The number of ether oxygens (including phenoxy) is 2. The van der Waals surface area contributed by atoms with E-state index in [0.29, 0.717) is 6.79 Å². The first-order valence-electron chi connectivity index (χ1n) is 8.17. The molecule has 2 aromatic rings. The third-order valence-electron chi connectivity index (χ3n) is 4.03. The van der Waals surface area contributed by atoms with Crippen molar-refractivity contribution in [3.05, 3.63) is 65.5 Å². The van der Waals surface area contributed by atoms with E-state index in [4.69, 9.17) is 9.47 Å². The lowest BCUT2D eigenvalue weighted by Crippen LogP contribution is -2.37. The molecule has 4 heteroatoms. The summed E-state index contributed by atoms with van der Waals surface area (Å²) in [7, 11) is 0. The first kappa shape index (κ1) is 16.1. The highest BCUT2D eigenvalue weighted by Gasteiger charge is 2.19. The summed E-state index contributed by atoms with van der Waals surface area (Å²) in [5.41, 5.74) is 3.71. The van der Waals surface area contributed by atoms with Crippen molar-refractivity contribution < 1.29 is 9.47 Å². The van der Waals surface area contributed by atoms with Gasteiger partial charge >= 0.3 is 0 Å². The number of hydrogen-bond acceptors (Lipinski definition) is 4. The number of hydrogen-bond donors (Lipinski definition) is 0. The van der Waals surface area contributed by atoms with Crippen molar-refractivity contribution >= 4 is 0 Å². The molecule has 0 saturated carbocycles. The van der Waals surface area contributed by atoms with Crippen LogP contribution in [0.5, 0.6) is 0 Å². The average Bonchev–Trinajstić information content (AvgIpc) is 2.57. The lowest BCUT2D eigenvalue weighted by atomic mass is 10.1. The molecule has 122 valence electrons. The van der Waals surface area contributed by atoms with Crippen LogP contribution in [0.3, 0.4) is 0 Å². The molecule has 0 N–H and O–H groups in total. The maximum Gasteiger partial charge on any atom is 0.147 e. The van der Waals surface area contributed by atoms with Crippen LogP contribution in [0.2, 0.25) is 0 Å². The lowest BCUT2D eigenvalue weighted by molar-refractivity contribution is -0.145. The highest BCUT2D eigenvalue weighted by Crippen LogP contribution is 2.14. The van der Waals surface area contributed by atoms with Crippen LogP contribution in [0, 0.1) is 6.92 Å². The molecule has 3 rings (SSSR count). The smallest absolute Gasteiger partial charge is 0.147 e. The van der Waals surface area contributed by atoms with Crippen LogP contribution in [0.1, 0.15) is 23.2 Å². The number of pyridine rings is 1. The molecule has 0 bridgehead atoms. The summed E-state index contributed by atoms with van der Waals surface area (Å²) in [4.78, 5) is 6.87. The Balaban J connectivity index is 1.69. The van der Waals surface area contributed by atoms with Crippen molar-refractivity contribution in [2.24, 2.45) is 0 Å². The first-order chi connectivity index (χ1) is 11.3. The summed E-state index contributed by atoms with van der Waals surface area (Å²) < 4.78 is 11.0. The Hall–Kier alpha value is -1.75. The zero-order valence-corrected chi connectivity index (χ0v) is 13.6. The Morgan fingerprint density at radius 2 is 2.13 bits per heavy atom. The van der Waals surface area contributed by atoms with Gasteiger partial charge in [-0.3, -0.25) is 9.88 Å². The van der Waals surface area contributed by atoms with Gasteiger partial charge in [0.1, 0.15) is 6.79 Å². The highest BCUT2D eigenvalue weighted by molar-refractivity contribution is 5.22. The van der Waals surface area contributed by atoms with E-state index in [1.54, 1.807) is 0 Å². The molecule has 1 saturated heterocycles. The molecule has 0 amide bonds. The predicted octanol–water partition coefficient (Wildman–Crippen LogP) is 3.16. The Kier molecular flexibility index (Phi) is 5.75. The lowest BCUT2D eigenvalue weighted by Gasteiger charge is -2.29. The van der Waals surface area contributed by atoms with E-state index in [2.05, 4.69) is 47.1 Å². The van der Waals surface area contributed by atoms with Crippen LogP contribution in [0.15, 0.2) is 48.7 Å². The third kappa shape index (κ3) is 5.13. The maximum absolute atomic E-state index is 5.72. The number of benzene rings is 1. The van der Waals surface area contributed by atoms with Crippen LogP contribution in [0.4, 0.5) is 0 Å². The van der Waals surface area contributed by atoms with Crippen molar-refractivity contribution in [1.82, 2.24) is 9.88 Å². The van der Waals surface area contributed by atoms with Crippen LogP contribution < -0.4 is 0 Å². The average molecular weight is 312 g/mol. The van der Waals surface area contributed by atoms with E-state index >= 15 is 0 Å². The molecule has 1 fully saturated rings. The Morgan fingerprint density at radius 1 is 1.17 bits per heavy atom. The van der Waals surface area contributed by atoms with Gasteiger partial charge in [-0.2, -0.15) is 0 Å². The van der Waals surface area contributed by atoms with Gasteiger partial charge < -0.3 is 9.47 Å². The summed E-state index contributed by atoms with van der Waals surface area (Å²) >= 11 is 0. The van der Waals surface area contributed by atoms with Gasteiger partial charge in [0.05, 0.1) is 18.4 Å². The van der Waals surface area contributed by atoms with Crippen molar-refractivity contribution in [2.45, 2.75) is 32.5 Å². The summed E-state index contributed by atoms with van der Waals surface area (Å²) in [5, 5.41) is 0. The Bertz CT molecular complexity index is 597. The standard InChI is InChI=1S/C19H24N2O2/c1-16-5-4-6-17(11-16)12-21(13-18-7-2-3-9-20-18)14-19-8-10-22-15-23-19/h2-7,9,11,19H,8,10,12-15H2,1H3. The minimum atomic E-state index is 0.234. The molecule has 2 heterocycles. The van der Waals surface area contributed by atoms with Crippen molar-refractivity contribution in [3.63, 3.8) is 0 Å². The van der Waals surface area contributed by atoms with Crippen molar-refractivity contribution in [2.75, 3.05) is 19.9 Å². The van der Waals surface area contributed by atoms with Crippen LogP contribution in [-0.2, 0) is 22.6 Å². The second kappa shape index (κ2) is 8.20. The fraction of sp³-hybridized carbons (Fsp3) is 0.421. The zero-order valence-electron chi connectivity index (χ0n) is 13.6. The van der Waals surface area contributed by atoms with E-state index in [0.717, 1.165) is 38.4 Å². The maximum atomic E-state index is 5.72. The molecular formula is C19H24N2O2. The summed E-state index contributed by atoms with van der Waals surface area (Å²) in [5.74, 6) is 0. The molecule has 4 nitrogen and oxygen atoms in total. The molecular weight excluding hydrogens is 288 g/mol. The van der Waals surface area contributed by atoms with Gasteiger partial charge in [-0.1, -0.05) is 35.9 Å². The molecule has 0 radical (unpaired) electrons. The van der Waals surface area contributed by atoms with E-state index in [1.807, 2.05) is 18.3 Å². The molecule has 0 spiro atoms. The minimum Gasteiger partial charge on any atom is -0.355 e. The SMILES string of the molecule is Cc1cccc(CN(Cc2ccccn2)CC2CCOCO2)c1. The van der Waals surface area contributed by atoms with Gasteiger partial charge in [0, 0.05) is 25.8 Å². The van der Waals surface area contributed by atoms with E-state index in [-0.39, 0.29) is 6.10 Å². The molecule has 1 aromatic heterocycles. The minimum absolute atomic E-state index is 0.234. The van der Waals surface area contributed by atoms with Gasteiger partial charge in [-0.05, 0) is 31.0 Å². The zero-order chi connectivity index (χ0) is 15.9. The molecule has 1 aliphatic rings. The van der Waals surface area contributed by atoms with Crippen LogP contribution >= 0.6 is 0 Å². The van der Waals surface area contributed by atoms with Crippen LogP contribution in [0.25, 0.3) is 0 Å². The largest absolute Gasteiger partial charge is 0.355 e. The van der Waals surface area contributed by atoms with E-state index < -0.39 is 0 Å². The molecule has 1 aliphatic heterocycles. The van der Waals surface area contributed by atoms with Crippen LogP contribution in [-0.4, -0.2) is 35.9 Å². The highest BCUT2D eigenvalue weighted by atomic mass is 16.7. The summed E-state index contributed by atoms with van der Waals surface area (Å²) in [6.45, 7) is 5.95. The van der Waals surface area contributed by atoms with Gasteiger partial charge in [0.15, 0.2) is 0 Å². The van der Waals surface area contributed by atoms with E-state index in [1.165, 1.54) is 11.1 Å². The molecule has 1 unspecified atom stereocenters. The quantitative estimate of drug-likeness (QED) is 0.820. The number of nitrogens with zero attached hydrogens (tertiary/aromatic N) is 2. The summed E-state index contributed by atoms with van der Waals surface area (Å²) in [6, 6.07) is 14.8. The normalized spacial score (nSPS) is 18.3. The van der Waals surface area contributed by atoms with Crippen molar-refractivity contribution in [3.8, 4) is 0 Å². The summed E-state index contributed by atoms with van der Waals surface area (Å²) in [6.07, 6.45) is 3.04. The second-order valence-electron chi connectivity index (χ2n) is 6.08. The molecule has 23 heavy (non-hydrogen) atoms. The molecule has 1 aromatic carbocycles. The Labute approximate surface area is 138 Å². The number of aryl methyl sites for hydroxylation is 1. The predicted molar refractivity (Wildman–Crippen MR) is 89.8 cm³/mol. The molecule has 1 atom stereocenters.